The van der Waals surface area contributed by atoms with Crippen molar-refractivity contribution in [1.82, 2.24) is 9.97 Å². The molecule has 1 radical (unpaired) electrons. The van der Waals surface area contributed by atoms with Crippen LogP contribution in [0.5, 0.6) is 5.75 Å². The predicted octanol–water partition coefficient (Wildman–Crippen LogP) is 5.66. The maximum Gasteiger partial charge on any atom is 0.293 e. The summed E-state index contributed by atoms with van der Waals surface area (Å²) in [5.41, 5.74) is 6.25. The van der Waals surface area contributed by atoms with Crippen LogP contribution < -0.4 is 9.30 Å². The van der Waals surface area contributed by atoms with E-state index in [1.54, 1.807) is 0 Å². The number of fused-ring (bicyclic) bond motifs is 2. The Bertz CT molecular complexity index is 1520. The van der Waals surface area contributed by atoms with Crippen molar-refractivity contribution in [3.05, 3.63) is 121 Å². The molecule has 4 heterocycles. The maximum atomic E-state index is 5.48. The van der Waals surface area contributed by atoms with E-state index in [2.05, 4.69) is 75.2 Å². The lowest BCUT2D eigenvalue weighted by Crippen LogP contribution is -2.31. The molecule has 0 saturated heterocycles. The molecule has 3 aromatic carbocycles. The zero-order valence-corrected chi connectivity index (χ0v) is 20.5. The Balaban J connectivity index is 0.000000159. The quantitative estimate of drug-likeness (QED) is 0.247. The van der Waals surface area contributed by atoms with E-state index in [0.717, 1.165) is 27.3 Å². The average Bonchev–Trinajstić information content (AvgIpc) is 3.35. The molecule has 3 aromatic heterocycles. The number of nitrogens with zero attached hydrogens (tertiary/aromatic N) is 3. The minimum absolute atomic E-state index is 0.296. The van der Waals surface area contributed by atoms with Gasteiger partial charge < -0.3 is 4.74 Å². The van der Waals surface area contributed by atoms with Crippen molar-refractivity contribution < 1.29 is 9.30 Å². The molecule has 0 aliphatic carbocycles. The van der Waals surface area contributed by atoms with Gasteiger partial charge in [0.25, 0.3) is 12.2 Å². The van der Waals surface area contributed by atoms with Gasteiger partial charge in [0.1, 0.15) is 0 Å². The number of hydrogen-bond acceptors (Lipinski definition) is 3. The van der Waals surface area contributed by atoms with E-state index in [4.69, 9.17) is 4.74 Å². The normalized spacial score (nSPS) is 11.8. The zero-order chi connectivity index (χ0) is 23.5. The lowest BCUT2D eigenvalue weighted by atomic mass is 10.1. The summed E-state index contributed by atoms with van der Waals surface area (Å²) in [6.45, 7) is 0.649. The van der Waals surface area contributed by atoms with E-state index in [1.807, 2.05) is 48.9 Å². The fourth-order valence-electron chi connectivity index (χ4n) is 4.72. The Kier molecular flexibility index (Phi) is 6.11. The number of ether oxygens (including phenoxy) is 1. The number of para-hydroxylation sites is 3. The van der Waals surface area contributed by atoms with Gasteiger partial charge in [-0.2, -0.15) is 4.57 Å². The van der Waals surface area contributed by atoms with Gasteiger partial charge in [-0.25, -0.2) is 0 Å². The highest BCUT2D eigenvalue weighted by molar-refractivity contribution is 6.35. The van der Waals surface area contributed by atoms with Gasteiger partial charge in [0, 0.05) is 29.2 Å². The van der Waals surface area contributed by atoms with Gasteiger partial charge in [0.05, 0.1) is 16.4 Å². The molecule has 5 heteroatoms. The SMILES string of the molecule is c1cc2c3c(c1)ccc[n+]3CO2.c1cnc2c([CH2][Al][CH2]c3cccc4cccnc34)cccc2c1. The van der Waals surface area contributed by atoms with E-state index in [0.29, 0.717) is 22.0 Å². The van der Waals surface area contributed by atoms with Crippen molar-refractivity contribution in [1.29, 1.82) is 0 Å². The smallest absolute Gasteiger partial charge is 0.293 e. The fraction of sp³-hybridized carbons (Fsp3) is 0.100. The molecule has 0 spiro atoms. The van der Waals surface area contributed by atoms with Gasteiger partial charge in [-0.3, -0.25) is 9.97 Å². The van der Waals surface area contributed by atoms with E-state index < -0.39 is 0 Å². The lowest BCUT2D eigenvalue weighted by Gasteiger charge is -2.07. The summed E-state index contributed by atoms with van der Waals surface area (Å²) >= 11 is 0.296. The highest BCUT2D eigenvalue weighted by atomic mass is 27.1. The van der Waals surface area contributed by atoms with Gasteiger partial charge in [-0.05, 0) is 41.5 Å². The molecule has 35 heavy (non-hydrogen) atoms. The summed E-state index contributed by atoms with van der Waals surface area (Å²) in [6, 6.07) is 31.5. The van der Waals surface area contributed by atoms with Crippen LogP contribution in [0.2, 0.25) is 0 Å². The summed E-state index contributed by atoms with van der Waals surface area (Å²) in [6.07, 6.45) is 5.81. The first-order chi connectivity index (χ1) is 17.4. The molecule has 0 fully saturated rings. The Morgan fingerprint density at radius 1 is 0.657 bits per heavy atom. The molecular formula is C30H24AlN3O+. The van der Waals surface area contributed by atoms with E-state index in [9.17, 15) is 0 Å². The van der Waals surface area contributed by atoms with Crippen LogP contribution in [0, 0.1) is 0 Å². The summed E-state index contributed by atoms with van der Waals surface area (Å²) in [7, 11) is 0. The minimum atomic E-state index is 0.296. The van der Waals surface area contributed by atoms with Gasteiger partial charge >= 0.3 is 0 Å². The summed E-state index contributed by atoms with van der Waals surface area (Å²) in [5.74, 6) is 0.994. The second-order valence-electron chi connectivity index (χ2n) is 8.63. The van der Waals surface area contributed by atoms with Crippen molar-refractivity contribution in [2.75, 3.05) is 0 Å². The van der Waals surface area contributed by atoms with Crippen molar-refractivity contribution in [3.8, 4) is 5.75 Å². The highest BCUT2D eigenvalue weighted by Crippen LogP contribution is 2.25. The first-order valence-electron chi connectivity index (χ1n) is 11.9. The Hall–Kier alpha value is -3.78. The van der Waals surface area contributed by atoms with Gasteiger partial charge in [-0.15, -0.1) is 0 Å². The maximum absolute atomic E-state index is 5.48. The molecule has 0 unspecified atom stereocenters. The molecule has 0 N–H and O–H groups in total. The molecule has 0 amide bonds. The monoisotopic (exact) mass is 469 g/mol. The van der Waals surface area contributed by atoms with Crippen molar-refractivity contribution in [2.24, 2.45) is 0 Å². The highest BCUT2D eigenvalue weighted by Gasteiger charge is 2.21. The van der Waals surface area contributed by atoms with Crippen molar-refractivity contribution in [2.45, 2.75) is 17.3 Å². The molecule has 0 saturated carbocycles. The van der Waals surface area contributed by atoms with Gasteiger partial charge in [-0.1, -0.05) is 65.2 Å². The van der Waals surface area contributed by atoms with Crippen molar-refractivity contribution >= 4 is 47.9 Å². The first-order valence-corrected chi connectivity index (χ1v) is 13.5. The largest absolute Gasteiger partial charge is 0.429 e. The van der Waals surface area contributed by atoms with Crippen LogP contribution >= 0.6 is 0 Å². The molecule has 7 rings (SSSR count). The third kappa shape index (κ3) is 4.49. The second kappa shape index (κ2) is 9.84. The molecular weight excluding hydrogens is 445 g/mol. The number of benzene rings is 3. The summed E-state index contributed by atoms with van der Waals surface area (Å²) in [4.78, 5) is 9.12. The van der Waals surface area contributed by atoms with Crippen LogP contribution in [0.25, 0.3) is 32.7 Å². The molecule has 1 aliphatic rings. The van der Waals surface area contributed by atoms with Crippen molar-refractivity contribution in [3.63, 3.8) is 0 Å². The molecule has 6 aromatic rings. The topological polar surface area (TPSA) is 38.9 Å². The number of rotatable bonds is 4. The Morgan fingerprint density at radius 2 is 1.23 bits per heavy atom. The number of aromatic nitrogens is 3. The molecule has 167 valence electrons. The first kappa shape index (κ1) is 21.7. The van der Waals surface area contributed by atoms with Crippen LogP contribution in [-0.2, 0) is 17.3 Å². The predicted molar refractivity (Wildman–Crippen MR) is 141 cm³/mol. The standard InChI is InChI=1S/C10H8NO.2C10H8N.Al/c1-3-8-4-2-6-11-7-12-9(5-1)10(8)11;2*1-8-4-2-5-9-6-3-7-11-10(8)9;/h1-6H,7H2;2*2-7H,1H2;/q+1;;;. The number of pyridine rings is 3. The van der Waals surface area contributed by atoms with Crippen LogP contribution in [0.4, 0.5) is 0 Å². The Morgan fingerprint density at radius 3 is 1.91 bits per heavy atom. The van der Waals surface area contributed by atoms with Crippen LogP contribution in [0.15, 0.2) is 110 Å². The molecule has 0 bridgehead atoms. The second-order valence-corrected chi connectivity index (χ2v) is 10.0. The zero-order valence-electron chi connectivity index (χ0n) is 19.3. The molecule has 4 nitrogen and oxygen atoms in total. The average molecular weight is 470 g/mol. The fourth-order valence-corrected chi connectivity index (χ4v) is 6.14. The van der Waals surface area contributed by atoms with E-state index in [-0.39, 0.29) is 0 Å². The summed E-state index contributed by atoms with van der Waals surface area (Å²) in [5, 5.41) is 5.95. The third-order valence-corrected chi connectivity index (χ3v) is 7.84. The van der Waals surface area contributed by atoms with Crippen LogP contribution in [0.1, 0.15) is 11.1 Å². The van der Waals surface area contributed by atoms with Crippen LogP contribution in [-0.4, -0.2) is 25.2 Å². The third-order valence-electron chi connectivity index (χ3n) is 6.38. The van der Waals surface area contributed by atoms with Crippen LogP contribution in [0.3, 0.4) is 0 Å². The van der Waals surface area contributed by atoms with E-state index in [1.165, 1.54) is 32.8 Å². The number of hydrogen-bond donors (Lipinski definition) is 0. The molecule has 1 aliphatic heterocycles. The molecule has 0 atom stereocenters. The van der Waals surface area contributed by atoms with Gasteiger partial charge in [0.2, 0.25) is 15.2 Å². The Labute approximate surface area is 210 Å². The summed E-state index contributed by atoms with van der Waals surface area (Å²) < 4.78 is 7.59. The van der Waals surface area contributed by atoms with E-state index >= 15 is 0 Å². The lowest BCUT2D eigenvalue weighted by molar-refractivity contribution is -0.688. The van der Waals surface area contributed by atoms with Gasteiger partial charge in [0.15, 0.2) is 11.9 Å². The minimum Gasteiger partial charge on any atom is -0.429 e.